The molecule has 1 aromatic rings. The van der Waals surface area contributed by atoms with Gasteiger partial charge in [-0.05, 0) is 37.1 Å². The number of carbonyl (C=O) groups excluding carboxylic acids is 1. The Morgan fingerprint density at radius 2 is 1.46 bits per heavy atom. The molecule has 2 N–H and O–H groups in total. The van der Waals surface area contributed by atoms with E-state index >= 15 is 0 Å². The van der Waals surface area contributed by atoms with Crippen molar-refractivity contribution in [2.24, 2.45) is 0 Å². The van der Waals surface area contributed by atoms with Crippen LogP contribution in [0.3, 0.4) is 0 Å². The summed E-state index contributed by atoms with van der Waals surface area (Å²) in [7, 11) is 1.43. The lowest BCUT2D eigenvalue weighted by molar-refractivity contribution is -0.140. The SMILES string of the molecule is COC(=O)CCCCCCCCCCNc1ccc(C(=O)O)cc1. The lowest BCUT2D eigenvalue weighted by Gasteiger charge is -2.06. The number of benzene rings is 1. The fourth-order valence-electron chi connectivity index (χ4n) is 2.52. The number of unbranched alkanes of at least 4 members (excludes halogenated alkanes) is 7. The molecule has 0 spiro atoms. The number of methoxy groups -OCH3 is 1. The normalized spacial score (nSPS) is 10.4. The summed E-state index contributed by atoms with van der Waals surface area (Å²) in [6, 6.07) is 6.84. The Morgan fingerprint density at radius 1 is 0.917 bits per heavy atom. The molecule has 5 heteroatoms. The molecule has 0 aliphatic heterocycles. The number of nitrogens with one attached hydrogen (secondary N) is 1. The largest absolute Gasteiger partial charge is 0.478 e. The molecule has 24 heavy (non-hydrogen) atoms. The van der Waals surface area contributed by atoms with E-state index < -0.39 is 5.97 Å². The van der Waals surface area contributed by atoms with Gasteiger partial charge in [0.05, 0.1) is 12.7 Å². The first-order chi connectivity index (χ1) is 11.6. The predicted molar refractivity (Wildman–Crippen MR) is 95.5 cm³/mol. The van der Waals surface area contributed by atoms with E-state index in [0.717, 1.165) is 31.5 Å². The summed E-state index contributed by atoms with van der Waals surface area (Å²) in [5, 5.41) is 12.1. The second kappa shape index (κ2) is 12.4. The first kappa shape index (κ1) is 20.0. The van der Waals surface area contributed by atoms with Crippen LogP contribution in [0.5, 0.6) is 0 Å². The summed E-state index contributed by atoms with van der Waals surface area (Å²) in [6.07, 6.45) is 9.76. The van der Waals surface area contributed by atoms with Crippen LogP contribution in [0.25, 0.3) is 0 Å². The fraction of sp³-hybridized carbons (Fsp3) is 0.579. The molecule has 0 atom stereocenters. The maximum Gasteiger partial charge on any atom is 0.335 e. The third kappa shape index (κ3) is 9.18. The molecule has 134 valence electrons. The zero-order chi connectivity index (χ0) is 17.6. The standard InChI is InChI=1S/C19H29NO4/c1-24-18(21)10-8-6-4-2-3-5-7-9-15-20-17-13-11-16(12-14-17)19(22)23/h11-14,20H,2-10,15H2,1H3,(H,22,23). The first-order valence-corrected chi connectivity index (χ1v) is 8.77. The van der Waals surface area contributed by atoms with Gasteiger partial charge in [-0.2, -0.15) is 0 Å². The van der Waals surface area contributed by atoms with Gasteiger partial charge in [0.2, 0.25) is 0 Å². The third-order valence-corrected chi connectivity index (χ3v) is 4.00. The zero-order valence-electron chi connectivity index (χ0n) is 14.6. The van der Waals surface area contributed by atoms with E-state index in [0.29, 0.717) is 12.0 Å². The number of hydrogen-bond donors (Lipinski definition) is 2. The minimum Gasteiger partial charge on any atom is -0.478 e. The highest BCUT2D eigenvalue weighted by Crippen LogP contribution is 2.12. The number of aromatic carboxylic acids is 1. The number of esters is 1. The van der Waals surface area contributed by atoms with Crippen LogP contribution >= 0.6 is 0 Å². The molecule has 0 aliphatic carbocycles. The van der Waals surface area contributed by atoms with Gasteiger partial charge in [-0.15, -0.1) is 0 Å². The quantitative estimate of drug-likeness (QED) is 0.410. The van der Waals surface area contributed by atoms with Crippen LogP contribution in [0, 0.1) is 0 Å². The molecule has 0 fully saturated rings. The van der Waals surface area contributed by atoms with Gasteiger partial charge in [-0.25, -0.2) is 4.79 Å². The van der Waals surface area contributed by atoms with Crippen molar-refractivity contribution in [3.8, 4) is 0 Å². The molecule has 0 saturated heterocycles. The smallest absolute Gasteiger partial charge is 0.335 e. The first-order valence-electron chi connectivity index (χ1n) is 8.77. The highest BCUT2D eigenvalue weighted by atomic mass is 16.5. The van der Waals surface area contributed by atoms with Crippen molar-refractivity contribution in [3.05, 3.63) is 29.8 Å². The number of rotatable bonds is 13. The molecule has 0 aromatic heterocycles. The van der Waals surface area contributed by atoms with Gasteiger partial charge in [-0.1, -0.05) is 38.5 Å². The number of ether oxygens (including phenoxy) is 1. The monoisotopic (exact) mass is 335 g/mol. The second-order valence-corrected chi connectivity index (χ2v) is 5.96. The highest BCUT2D eigenvalue weighted by molar-refractivity contribution is 5.87. The number of carboxylic acid groups (broad SMARTS) is 1. The minimum absolute atomic E-state index is 0.111. The third-order valence-electron chi connectivity index (χ3n) is 4.00. The number of hydrogen-bond acceptors (Lipinski definition) is 4. The molecule has 0 bridgehead atoms. The molecule has 0 unspecified atom stereocenters. The Balaban J connectivity index is 1.92. The van der Waals surface area contributed by atoms with Crippen LogP contribution in [-0.4, -0.2) is 30.7 Å². The van der Waals surface area contributed by atoms with Crippen LogP contribution in [0.15, 0.2) is 24.3 Å². The molecule has 1 aromatic carbocycles. The maximum absolute atomic E-state index is 10.9. The van der Waals surface area contributed by atoms with Gasteiger partial charge in [-0.3, -0.25) is 4.79 Å². The Morgan fingerprint density at radius 3 is 2.00 bits per heavy atom. The van der Waals surface area contributed by atoms with Crippen LogP contribution < -0.4 is 5.32 Å². The van der Waals surface area contributed by atoms with E-state index in [2.05, 4.69) is 10.1 Å². The number of carbonyl (C=O) groups is 2. The van der Waals surface area contributed by atoms with Crippen LogP contribution in [0.4, 0.5) is 5.69 Å². The van der Waals surface area contributed by atoms with Crippen molar-refractivity contribution in [1.29, 1.82) is 0 Å². The maximum atomic E-state index is 10.9. The van der Waals surface area contributed by atoms with Crippen molar-refractivity contribution in [3.63, 3.8) is 0 Å². The van der Waals surface area contributed by atoms with Gasteiger partial charge >= 0.3 is 11.9 Å². The lowest BCUT2D eigenvalue weighted by Crippen LogP contribution is -2.02. The Labute approximate surface area is 144 Å². The van der Waals surface area contributed by atoms with Crippen molar-refractivity contribution in [2.45, 2.75) is 57.8 Å². The summed E-state index contributed by atoms with van der Waals surface area (Å²) in [4.78, 5) is 21.7. The van der Waals surface area contributed by atoms with Gasteiger partial charge in [0.15, 0.2) is 0 Å². The van der Waals surface area contributed by atoms with Crippen molar-refractivity contribution < 1.29 is 19.4 Å². The highest BCUT2D eigenvalue weighted by Gasteiger charge is 2.01. The van der Waals surface area contributed by atoms with E-state index in [1.807, 2.05) is 0 Å². The predicted octanol–water partition coefficient (Wildman–Crippen LogP) is 4.48. The van der Waals surface area contributed by atoms with Crippen LogP contribution in [0.1, 0.15) is 68.1 Å². The average molecular weight is 335 g/mol. The second-order valence-electron chi connectivity index (χ2n) is 5.96. The van der Waals surface area contributed by atoms with Gasteiger partial charge in [0.1, 0.15) is 0 Å². The molecule has 5 nitrogen and oxygen atoms in total. The summed E-state index contributed by atoms with van der Waals surface area (Å²) in [5.41, 5.74) is 1.28. The molecule has 0 radical (unpaired) electrons. The molecule has 0 heterocycles. The Hall–Kier alpha value is -2.04. The van der Waals surface area contributed by atoms with Crippen molar-refractivity contribution >= 4 is 17.6 Å². The topological polar surface area (TPSA) is 75.6 Å². The van der Waals surface area contributed by atoms with Crippen LogP contribution in [-0.2, 0) is 9.53 Å². The minimum atomic E-state index is -0.896. The fourth-order valence-corrected chi connectivity index (χ4v) is 2.52. The molecule has 0 amide bonds. The molecular formula is C19H29NO4. The molecule has 0 saturated carbocycles. The van der Waals surface area contributed by atoms with Crippen LogP contribution in [0.2, 0.25) is 0 Å². The summed E-state index contributed by atoms with van der Waals surface area (Å²) >= 11 is 0. The van der Waals surface area contributed by atoms with E-state index in [-0.39, 0.29) is 5.97 Å². The summed E-state index contributed by atoms with van der Waals surface area (Å²) in [5.74, 6) is -1.01. The molecule has 0 aliphatic rings. The lowest BCUT2D eigenvalue weighted by atomic mass is 10.1. The number of anilines is 1. The van der Waals surface area contributed by atoms with Crippen molar-refractivity contribution in [1.82, 2.24) is 0 Å². The average Bonchev–Trinajstić information content (AvgIpc) is 2.59. The van der Waals surface area contributed by atoms with Gasteiger partial charge in [0.25, 0.3) is 0 Å². The van der Waals surface area contributed by atoms with Crippen molar-refractivity contribution in [2.75, 3.05) is 19.0 Å². The van der Waals surface area contributed by atoms with E-state index in [4.69, 9.17) is 5.11 Å². The van der Waals surface area contributed by atoms with E-state index in [1.54, 1.807) is 24.3 Å². The van der Waals surface area contributed by atoms with Gasteiger partial charge < -0.3 is 15.2 Å². The number of carboxylic acids is 1. The van der Waals surface area contributed by atoms with E-state index in [1.165, 1.54) is 39.2 Å². The molecular weight excluding hydrogens is 306 g/mol. The Kier molecular flexibility index (Phi) is 10.3. The molecule has 1 rings (SSSR count). The summed E-state index contributed by atoms with van der Waals surface area (Å²) in [6.45, 7) is 0.908. The van der Waals surface area contributed by atoms with E-state index in [9.17, 15) is 9.59 Å². The zero-order valence-corrected chi connectivity index (χ0v) is 14.6. The summed E-state index contributed by atoms with van der Waals surface area (Å²) < 4.78 is 4.61. The van der Waals surface area contributed by atoms with Gasteiger partial charge in [0, 0.05) is 18.7 Å². The Bertz CT molecular complexity index is 485.